The second-order valence-electron chi connectivity index (χ2n) is 5.10. The minimum Gasteiger partial charge on any atom is -0.457 e. The molecule has 5 nitrogen and oxygen atoms in total. The van der Waals surface area contributed by atoms with Crippen LogP contribution in [0.2, 0.25) is 5.02 Å². The average molecular weight is 339 g/mol. The van der Waals surface area contributed by atoms with Gasteiger partial charge in [0.1, 0.15) is 18.2 Å². The summed E-state index contributed by atoms with van der Waals surface area (Å²) in [6.45, 7) is 0.267. The summed E-state index contributed by atoms with van der Waals surface area (Å²) >= 11 is 5.79. The fraction of sp³-hybridized carbons (Fsp3) is 0.0556. The zero-order chi connectivity index (χ0) is 17.1. The van der Waals surface area contributed by atoms with Crippen LogP contribution in [0.3, 0.4) is 0 Å². The molecule has 2 aromatic rings. The highest BCUT2D eigenvalue weighted by molar-refractivity contribution is 6.30. The van der Waals surface area contributed by atoms with E-state index in [2.05, 4.69) is 5.32 Å². The summed E-state index contributed by atoms with van der Waals surface area (Å²) in [4.78, 5) is 23.8. The Hall–Kier alpha value is -3.10. The summed E-state index contributed by atoms with van der Waals surface area (Å²) in [6.07, 6.45) is 1.32. The number of ketones is 1. The molecule has 0 saturated heterocycles. The molecule has 3 rings (SSSR count). The van der Waals surface area contributed by atoms with Gasteiger partial charge in [0.25, 0.3) is 0 Å². The Labute approximate surface area is 143 Å². The summed E-state index contributed by atoms with van der Waals surface area (Å²) in [5.41, 5.74) is 2.19. The van der Waals surface area contributed by atoms with Crippen LogP contribution < -0.4 is 5.32 Å². The first-order valence-corrected chi connectivity index (χ1v) is 7.43. The second-order valence-corrected chi connectivity index (χ2v) is 5.53. The summed E-state index contributed by atoms with van der Waals surface area (Å²) in [5.74, 6) is -0.794. The van der Waals surface area contributed by atoms with Gasteiger partial charge in [0.05, 0.1) is 5.56 Å². The van der Waals surface area contributed by atoms with Crippen LogP contribution >= 0.6 is 11.6 Å². The Bertz CT molecular complexity index is 895. The number of cyclic esters (lactones) is 1. The molecule has 0 saturated carbocycles. The van der Waals surface area contributed by atoms with E-state index >= 15 is 0 Å². The third-order valence-corrected chi connectivity index (χ3v) is 3.80. The lowest BCUT2D eigenvalue weighted by atomic mass is 10.1. The zero-order valence-electron chi connectivity index (χ0n) is 12.4. The van der Waals surface area contributed by atoms with E-state index in [4.69, 9.17) is 16.3 Å². The Kier molecular flexibility index (Phi) is 4.32. The maximum atomic E-state index is 12.3. The third-order valence-electron chi connectivity index (χ3n) is 3.54. The number of rotatable bonds is 4. The molecule has 0 amide bonds. The van der Waals surface area contributed by atoms with Crippen molar-refractivity contribution in [3.05, 3.63) is 76.0 Å². The smallest absolute Gasteiger partial charge is 0.338 e. The molecule has 0 fully saturated rings. The maximum Gasteiger partial charge on any atom is 0.338 e. The number of nitriles is 1. The minimum absolute atomic E-state index is 0.0552. The number of allylic oxidation sites excluding steroid dienone is 1. The number of hydrogen-bond donors (Lipinski definition) is 1. The highest BCUT2D eigenvalue weighted by atomic mass is 35.5. The molecule has 1 aliphatic rings. The first-order chi connectivity index (χ1) is 11.6. The molecule has 24 heavy (non-hydrogen) atoms. The normalized spacial score (nSPS) is 13.0. The van der Waals surface area contributed by atoms with Crippen molar-refractivity contribution in [1.82, 2.24) is 0 Å². The molecule has 0 spiro atoms. The SMILES string of the molecule is N#C/C(=C\Nc1ccc2c(c1)C(=O)OC2)C(=O)c1ccc(Cl)cc1. The molecule has 2 aromatic carbocycles. The van der Waals surface area contributed by atoms with Gasteiger partial charge in [-0.3, -0.25) is 4.79 Å². The molecule has 0 aliphatic carbocycles. The van der Waals surface area contributed by atoms with Gasteiger partial charge in [-0.25, -0.2) is 4.79 Å². The van der Waals surface area contributed by atoms with Crippen LogP contribution in [-0.4, -0.2) is 11.8 Å². The minimum atomic E-state index is -0.415. The van der Waals surface area contributed by atoms with E-state index in [9.17, 15) is 14.9 Å². The number of hydrogen-bond acceptors (Lipinski definition) is 5. The number of esters is 1. The van der Waals surface area contributed by atoms with Gasteiger partial charge < -0.3 is 10.1 Å². The van der Waals surface area contributed by atoms with Crippen LogP contribution in [0.1, 0.15) is 26.3 Å². The summed E-state index contributed by atoms with van der Waals surface area (Å²) in [7, 11) is 0. The highest BCUT2D eigenvalue weighted by Gasteiger charge is 2.21. The van der Waals surface area contributed by atoms with Crippen LogP contribution in [0.5, 0.6) is 0 Å². The van der Waals surface area contributed by atoms with Crippen molar-refractivity contribution in [2.45, 2.75) is 6.61 Å². The van der Waals surface area contributed by atoms with E-state index in [0.29, 0.717) is 21.8 Å². The highest BCUT2D eigenvalue weighted by Crippen LogP contribution is 2.23. The fourth-order valence-electron chi connectivity index (χ4n) is 2.26. The maximum absolute atomic E-state index is 12.3. The van der Waals surface area contributed by atoms with Crippen molar-refractivity contribution in [2.75, 3.05) is 5.32 Å². The van der Waals surface area contributed by atoms with Crippen LogP contribution in [-0.2, 0) is 11.3 Å². The van der Waals surface area contributed by atoms with Crippen molar-refractivity contribution in [2.24, 2.45) is 0 Å². The number of carbonyl (C=O) groups is 2. The van der Waals surface area contributed by atoms with Gasteiger partial charge in [0, 0.05) is 28.0 Å². The van der Waals surface area contributed by atoms with Crippen LogP contribution in [0.4, 0.5) is 5.69 Å². The number of halogens is 1. The van der Waals surface area contributed by atoms with Crippen molar-refractivity contribution in [3.63, 3.8) is 0 Å². The van der Waals surface area contributed by atoms with E-state index in [1.807, 2.05) is 6.07 Å². The number of nitrogens with zero attached hydrogens (tertiary/aromatic N) is 1. The van der Waals surface area contributed by atoms with Gasteiger partial charge in [0.2, 0.25) is 5.78 Å². The number of anilines is 1. The van der Waals surface area contributed by atoms with Gasteiger partial charge in [-0.1, -0.05) is 17.7 Å². The van der Waals surface area contributed by atoms with Gasteiger partial charge in [-0.2, -0.15) is 5.26 Å². The van der Waals surface area contributed by atoms with E-state index in [0.717, 1.165) is 5.56 Å². The first-order valence-electron chi connectivity index (χ1n) is 7.05. The topological polar surface area (TPSA) is 79.2 Å². The first kappa shape index (κ1) is 15.8. The molecule has 0 bridgehead atoms. The standard InChI is InChI=1S/C18H11ClN2O3/c19-14-4-1-11(2-5-14)17(22)13(8-20)9-21-15-6-3-12-10-24-18(23)16(12)7-15/h1-7,9,21H,10H2/b13-9+. The van der Waals surface area contributed by atoms with Crippen LogP contribution in [0.15, 0.2) is 54.2 Å². The molecule has 1 heterocycles. The van der Waals surface area contributed by atoms with Gasteiger partial charge >= 0.3 is 5.97 Å². The van der Waals surface area contributed by atoms with Crippen molar-refractivity contribution in [1.29, 1.82) is 5.26 Å². The molecule has 1 aliphatic heterocycles. The lowest BCUT2D eigenvalue weighted by Gasteiger charge is -2.04. The number of nitrogens with one attached hydrogen (secondary N) is 1. The fourth-order valence-corrected chi connectivity index (χ4v) is 2.39. The number of carbonyl (C=O) groups excluding carboxylic acids is 2. The number of benzene rings is 2. The molecule has 0 radical (unpaired) electrons. The van der Waals surface area contributed by atoms with E-state index in [1.165, 1.54) is 6.20 Å². The summed E-state index contributed by atoms with van der Waals surface area (Å²) < 4.78 is 4.93. The second kappa shape index (κ2) is 6.57. The zero-order valence-corrected chi connectivity index (χ0v) is 13.1. The molecule has 0 aromatic heterocycles. The third kappa shape index (κ3) is 3.14. The molecule has 6 heteroatoms. The Morgan fingerprint density at radius 2 is 2.00 bits per heavy atom. The van der Waals surface area contributed by atoms with Crippen molar-refractivity contribution >= 4 is 29.0 Å². The van der Waals surface area contributed by atoms with Crippen LogP contribution in [0.25, 0.3) is 0 Å². The largest absolute Gasteiger partial charge is 0.457 e. The van der Waals surface area contributed by atoms with E-state index in [1.54, 1.807) is 42.5 Å². The molecule has 0 unspecified atom stereocenters. The number of fused-ring (bicyclic) bond motifs is 1. The van der Waals surface area contributed by atoms with E-state index < -0.39 is 5.78 Å². The quantitative estimate of drug-likeness (QED) is 0.398. The van der Waals surface area contributed by atoms with Gasteiger partial charge in [0.15, 0.2) is 0 Å². The van der Waals surface area contributed by atoms with E-state index in [-0.39, 0.29) is 18.1 Å². The van der Waals surface area contributed by atoms with Crippen molar-refractivity contribution < 1.29 is 14.3 Å². The molecular weight excluding hydrogens is 328 g/mol. The molecule has 118 valence electrons. The summed E-state index contributed by atoms with van der Waals surface area (Å²) in [5, 5.41) is 12.6. The van der Waals surface area contributed by atoms with Gasteiger partial charge in [-0.15, -0.1) is 0 Å². The predicted octanol–water partition coefficient (Wildman–Crippen LogP) is 3.71. The Morgan fingerprint density at radius 1 is 1.25 bits per heavy atom. The molecule has 0 atom stereocenters. The lowest BCUT2D eigenvalue weighted by Crippen LogP contribution is -2.04. The Morgan fingerprint density at radius 3 is 2.71 bits per heavy atom. The van der Waals surface area contributed by atoms with Crippen molar-refractivity contribution in [3.8, 4) is 6.07 Å². The number of ether oxygens (including phenoxy) is 1. The van der Waals surface area contributed by atoms with Crippen LogP contribution in [0, 0.1) is 11.3 Å². The molecule has 1 N–H and O–H groups in total. The predicted molar refractivity (Wildman–Crippen MR) is 88.7 cm³/mol. The lowest BCUT2D eigenvalue weighted by molar-refractivity contribution is 0.0535. The molecular formula is C18H11ClN2O3. The van der Waals surface area contributed by atoms with Gasteiger partial charge in [-0.05, 0) is 36.4 Å². The average Bonchev–Trinajstić information content (AvgIpc) is 2.96. The Balaban J connectivity index is 1.80. The summed E-state index contributed by atoms with van der Waals surface area (Å²) in [6, 6.07) is 13.3. The monoisotopic (exact) mass is 338 g/mol. The number of Topliss-reactive ketones (excluding diaryl/α,β-unsaturated/α-hetero) is 1.